The number of nitrogens with one attached hydrogen (secondary N) is 1. The molecule has 200 valence electrons. The maximum absolute atomic E-state index is 14.0. The third-order valence-electron chi connectivity index (χ3n) is 7.37. The van der Waals surface area contributed by atoms with Crippen LogP contribution < -0.4 is 5.32 Å². The molecule has 1 N–H and O–H groups in total. The average molecular weight is 514 g/mol. The Morgan fingerprint density at radius 3 is 2.65 bits per heavy atom. The lowest BCUT2D eigenvalue weighted by atomic mass is 10.0. The molecule has 0 aliphatic carbocycles. The van der Waals surface area contributed by atoms with Gasteiger partial charge in [0.2, 0.25) is 11.8 Å². The van der Waals surface area contributed by atoms with Gasteiger partial charge in [-0.2, -0.15) is 5.26 Å². The number of halogens is 1. The zero-order valence-corrected chi connectivity index (χ0v) is 22.2. The highest BCUT2D eigenvalue weighted by Crippen LogP contribution is 2.38. The summed E-state index contributed by atoms with van der Waals surface area (Å²) in [7, 11) is 0. The zero-order chi connectivity index (χ0) is 27.1. The summed E-state index contributed by atoms with van der Waals surface area (Å²) in [6, 6.07) is 4.73. The summed E-state index contributed by atoms with van der Waals surface area (Å²) in [5, 5.41) is 12.2. The van der Waals surface area contributed by atoms with Gasteiger partial charge in [-0.3, -0.25) is 14.5 Å². The smallest absolute Gasteiger partial charge is 0.408 e. The van der Waals surface area contributed by atoms with Crippen LogP contribution in [0.15, 0.2) is 18.2 Å². The number of nitriles is 1. The van der Waals surface area contributed by atoms with E-state index in [0.29, 0.717) is 25.9 Å². The monoisotopic (exact) mass is 513 g/mol. The van der Waals surface area contributed by atoms with E-state index in [1.807, 2.05) is 29.7 Å². The van der Waals surface area contributed by atoms with Crippen LogP contribution in [-0.2, 0) is 14.3 Å². The predicted octanol–water partition coefficient (Wildman–Crippen LogP) is 2.89. The fraction of sp³-hybridized carbons (Fsp3) is 0.630. The molecular weight excluding hydrogens is 477 g/mol. The van der Waals surface area contributed by atoms with Crippen molar-refractivity contribution in [2.75, 3.05) is 19.6 Å². The standard InChI is InChI=1S/C27H36FN5O4/c1-16-9-18(11-19(28)10-16)17(2)33-21-12-23(25(33)35)31(14-21)15-22(30-26(36)37-27(3,4)5)24(34)32-8-6-7-20(32)13-29/h9-11,17,20-23H,6-8,12,14-15H2,1-5H3,(H,30,36)/t17?,20?,21?,22?,23-/m0/s1. The van der Waals surface area contributed by atoms with Crippen LogP contribution in [0.4, 0.5) is 9.18 Å². The molecular formula is C27H36FN5O4. The fourth-order valence-corrected chi connectivity index (χ4v) is 5.80. The molecule has 4 rings (SSSR count). The number of alkyl carbamates (subject to hydrolysis) is 1. The van der Waals surface area contributed by atoms with Crippen molar-refractivity contribution in [1.29, 1.82) is 5.26 Å². The van der Waals surface area contributed by atoms with Gasteiger partial charge in [0.1, 0.15) is 23.5 Å². The molecule has 3 aliphatic rings. The minimum atomic E-state index is -0.951. The van der Waals surface area contributed by atoms with Crippen molar-refractivity contribution in [3.05, 3.63) is 35.1 Å². The van der Waals surface area contributed by atoms with Crippen LogP contribution in [-0.4, -0.2) is 82.0 Å². The van der Waals surface area contributed by atoms with Gasteiger partial charge in [-0.1, -0.05) is 6.07 Å². The van der Waals surface area contributed by atoms with Crippen molar-refractivity contribution in [3.8, 4) is 6.07 Å². The fourth-order valence-electron chi connectivity index (χ4n) is 5.80. The van der Waals surface area contributed by atoms with Crippen molar-refractivity contribution >= 4 is 17.9 Å². The highest BCUT2D eigenvalue weighted by atomic mass is 19.1. The summed E-state index contributed by atoms with van der Waals surface area (Å²) < 4.78 is 19.4. The molecule has 3 fully saturated rings. The summed E-state index contributed by atoms with van der Waals surface area (Å²) in [6.45, 7) is 10.1. The lowest BCUT2D eigenvalue weighted by Gasteiger charge is -2.39. The molecule has 2 bridgehead atoms. The van der Waals surface area contributed by atoms with Crippen LogP contribution in [0.25, 0.3) is 0 Å². The number of nitrogens with zero attached hydrogens (tertiary/aromatic N) is 4. The van der Waals surface area contributed by atoms with E-state index in [1.54, 1.807) is 20.8 Å². The van der Waals surface area contributed by atoms with Crippen LogP contribution in [0.5, 0.6) is 0 Å². The number of hydrogen-bond donors (Lipinski definition) is 1. The molecule has 1 aromatic rings. The average Bonchev–Trinajstić information content (AvgIpc) is 3.50. The van der Waals surface area contributed by atoms with Crippen LogP contribution in [0.1, 0.15) is 64.1 Å². The molecule has 0 aromatic heterocycles. The Bertz CT molecular complexity index is 1090. The first-order chi connectivity index (χ1) is 17.4. The Kier molecular flexibility index (Phi) is 7.47. The molecule has 9 nitrogen and oxygen atoms in total. The number of carbonyl (C=O) groups is 3. The van der Waals surface area contributed by atoms with E-state index in [1.165, 1.54) is 17.0 Å². The lowest BCUT2D eigenvalue weighted by Crippen LogP contribution is -2.59. The van der Waals surface area contributed by atoms with Crippen molar-refractivity contribution < 1.29 is 23.5 Å². The Hall–Kier alpha value is -3.19. The number of hydrogen-bond acceptors (Lipinski definition) is 6. The number of piperazine rings is 1. The van der Waals surface area contributed by atoms with Crippen molar-refractivity contribution in [2.24, 2.45) is 0 Å². The minimum absolute atomic E-state index is 0.0646. The second-order valence-electron chi connectivity index (χ2n) is 11.4. The molecule has 0 radical (unpaired) electrons. The Morgan fingerprint density at radius 2 is 2.03 bits per heavy atom. The highest BCUT2D eigenvalue weighted by molar-refractivity contribution is 5.88. The van der Waals surface area contributed by atoms with E-state index in [2.05, 4.69) is 11.4 Å². The first-order valence-corrected chi connectivity index (χ1v) is 12.9. The molecule has 3 heterocycles. The largest absolute Gasteiger partial charge is 0.444 e. The Morgan fingerprint density at radius 1 is 1.30 bits per heavy atom. The number of aryl methyl sites for hydroxylation is 1. The van der Waals surface area contributed by atoms with Gasteiger partial charge in [-0.15, -0.1) is 0 Å². The molecule has 0 spiro atoms. The molecule has 3 amide bonds. The summed E-state index contributed by atoms with van der Waals surface area (Å²) in [4.78, 5) is 44.7. The molecule has 10 heteroatoms. The summed E-state index contributed by atoms with van der Waals surface area (Å²) in [5.74, 6) is -0.733. The maximum atomic E-state index is 14.0. The molecule has 0 saturated carbocycles. The van der Waals surface area contributed by atoms with Crippen LogP contribution in [0.2, 0.25) is 0 Å². The number of amides is 3. The van der Waals surface area contributed by atoms with Gasteiger partial charge in [-0.05, 0) is 77.1 Å². The molecule has 1 aromatic carbocycles. The number of rotatable bonds is 6. The quantitative estimate of drug-likeness (QED) is 0.627. The van der Waals surface area contributed by atoms with Crippen LogP contribution in [0, 0.1) is 24.1 Å². The lowest BCUT2D eigenvalue weighted by molar-refractivity contribution is -0.141. The van der Waals surface area contributed by atoms with Crippen molar-refractivity contribution in [3.63, 3.8) is 0 Å². The van der Waals surface area contributed by atoms with Gasteiger partial charge < -0.3 is 19.9 Å². The topological polar surface area (TPSA) is 106 Å². The van der Waals surface area contributed by atoms with Gasteiger partial charge in [0.25, 0.3) is 0 Å². The SMILES string of the molecule is Cc1cc(F)cc(C(C)N2C(=O)[C@@H]3CC2CN3CC(NC(=O)OC(C)(C)C)C(=O)N2CCCC2C#N)c1. The van der Waals surface area contributed by atoms with E-state index in [0.717, 1.165) is 17.5 Å². The number of fused-ring (bicyclic) bond motifs is 2. The predicted molar refractivity (Wildman–Crippen MR) is 134 cm³/mol. The normalized spacial score (nSPS) is 25.2. The van der Waals surface area contributed by atoms with E-state index >= 15 is 0 Å². The van der Waals surface area contributed by atoms with Crippen LogP contribution in [0.3, 0.4) is 0 Å². The zero-order valence-electron chi connectivity index (χ0n) is 22.2. The van der Waals surface area contributed by atoms with E-state index in [-0.39, 0.29) is 36.3 Å². The number of benzene rings is 1. The minimum Gasteiger partial charge on any atom is -0.444 e. The van der Waals surface area contributed by atoms with Crippen LogP contribution >= 0.6 is 0 Å². The summed E-state index contributed by atoms with van der Waals surface area (Å²) in [5.41, 5.74) is 0.809. The third-order valence-corrected chi connectivity index (χ3v) is 7.37. The Balaban J connectivity index is 1.49. The van der Waals surface area contributed by atoms with Gasteiger partial charge in [0.05, 0.1) is 18.2 Å². The Labute approximate surface area is 217 Å². The highest BCUT2D eigenvalue weighted by Gasteiger charge is 2.52. The molecule has 37 heavy (non-hydrogen) atoms. The molecule has 4 unspecified atom stereocenters. The third kappa shape index (κ3) is 5.72. The van der Waals surface area contributed by atoms with E-state index in [9.17, 15) is 24.0 Å². The van der Waals surface area contributed by atoms with E-state index in [4.69, 9.17) is 4.74 Å². The molecule has 5 atom stereocenters. The number of likely N-dealkylation sites (tertiary alicyclic amines) is 3. The van der Waals surface area contributed by atoms with Gasteiger partial charge >= 0.3 is 6.09 Å². The van der Waals surface area contributed by atoms with Gasteiger partial charge in [-0.25, -0.2) is 9.18 Å². The summed E-state index contributed by atoms with van der Waals surface area (Å²) >= 11 is 0. The molecule has 3 aliphatic heterocycles. The number of carbonyl (C=O) groups excluding carboxylic acids is 3. The van der Waals surface area contributed by atoms with E-state index < -0.39 is 29.8 Å². The first-order valence-electron chi connectivity index (χ1n) is 12.9. The molecule has 3 saturated heterocycles. The second kappa shape index (κ2) is 10.3. The maximum Gasteiger partial charge on any atom is 0.408 e. The van der Waals surface area contributed by atoms with Gasteiger partial charge in [0, 0.05) is 25.7 Å². The summed E-state index contributed by atoms with van der Waals surface area (Å²) in [6.07, 6.45) is 1.21. The second-order valence-corrected chi connectivity index (χ2v) is 11.4. The van der Waals surface area contributed by atoms with Crippen molar-refractivity contribution in [1.82, 2.24) is 20.0 Å². The number of ether oxygens (including phenoxy) is 1. The van der Waals surface area contributed by atoms with Gasteiger partial charge in [0.15, 0.2) is 0 Å². The first kappa shape index (κ1) is 26.9. The van der Waals surface area contributed by atoms with Crippen molar-refractivity contribution in [2.45, 2.75) is 89.7 Å².